The van der Waals surface area contributed by atoms with Crippen LogP contribution in [0.3, 0.4) is 0 Å². The number of aromatic hydroxyl groups is 1. The molecule has 5 nitrogen and oxygen atoms in total. The standard InChI is InChI=1S/C30H43NO4S/c1-2-3-4-5-6-7-8-9-10-11-12-13-14-15-16-17-30(33)26-18-24-29(25-19-26)36(34,35)31-27-20-22-28(32)23-21-27/h9-10,18-25,31-32H,2-8,11-17H2,1H3. The van der Waals surface area contributed by atoms with Gasteiger partial charge in [-0.15, -0.1) is 0 Å². The molecule has 2 aromatic carbocycles. The van der Waals surface area contributed by atoms with Gasteiger partial charge < -0.3 is 5.11 Å². The molecule has 0 aliphatic rings. The Morgan fingerprint density at radius 2 is 1.28 bits per heavy atom. The van der Waals surface area contributed by atoms with Crippen LogP contribution < -0.4 is 4.72 Å². The summed E-state index contributed by atoms with van der Waals surface area (Å²) in [4.78, 5) is 12.6. The predicted octanol–water partition coefficient (Wildman–Crippen LogP) is 8.41. The van der Waals surface area contributed by atoms with E-state index in [1.54, 1.807) is 12.1 Å². The monoisotopic (exact) mass is 513 g/mol. The van der Waals surface area contributed by atoms with E-state index in [9.17, 15) is 18.3 Å². The molecule has 6 heteroatoms. The summed E-state index contributed by atoms with van der Waals surface area (Å²) in [6, 6.07) is 11.9. The molecule has 36 heavy (non-hydrogen) atoms. The molecular formula is C30H43NO4S. The summed E-state index contributed by atoms with van der Waals surface area (Å²) in [5, 5.41) is 9.33. The summed E-state index contributed by atoms with van der Waals surface area (Å²) in [6.07, 6.45) is 21.0. The second-order valence-electron chi connectivity index (χ2n) is 9.43. The van der Waals surface area contributed by atoms with Crippen molar-refractivity contribution in [3.05, 3.63) is 66.2 Å². The van der Waals surface area contributed by atoms with E-state index in [4.69, 9.17) is 0 Å². The number of phenols is 1. The molecule has 0 spiro atoms. The number of nitrogens with one attached hydrogen (secondary N) is 1. The molecule has 0 aliphatic carbocycles. The van der Waals surface area contributed by atoms with Crippen molar-refractivity contribution in [1.29, 1.82) is 0 Å². The molecule has 0 heterocycles. The minimum atomic E-state index is -3.76. The topological polar surface area (TPSA) is 83.5 Å². The summed E-state index contributed by atoms with van der Waals surface area (Å²) in [5.74, 6) is 0.107. The number of carbonyl (C=O) groups is 1. The van der Waals surface area contributed by atoms with Crippen LogP contribution in [0.2, 0.25) is 0 Å². The fourth-order valence-corrected chi connectivity index (χ4v) is 5.12. The molecule has 0 saturated carbocycles. The van der Waals surface area contributed by atoms with E-state index < -0.39 is 10.0 Å². The second kappa shape index (κ2) is 17.0. The molecule has 0 unspecified atom stereocenters. The molecule has 0 aromatic heterocycles. The number of phenolic OH excluding ortho intramolecular Hbond substituents is 1. The summed E-state index contributed by atoms with van der Waals surface area (Å²) in [5.41, 5.74) is 0.895. The molecule has 198 valence electrons. The lowest BCUT2D eigenvalue weighted by atomic mass is 10.0. The average Bonchev–Trinajstić information content (AvgIpc) is 2.87. The van der Waals surface area contributed by atoms with Crippen molar-refractivity contribution in [2.45, 2.75) is 102 Å². The first-order valence-corrected chi connectivity index (χ1v) is 15.0. The maximum absolute atomic E-state index is 12.5. The van der Waals surface area contributed by atoms with Gasteiger partial charge in [0.1, 0.15) is 5.75 Å². The van der Waals surface area contributed by atoms with Crippen molar-refractivity contribution < 1.29 is 18.3 Å². The van der Waals surface area contributed by atoms with Crippen molar-refractivity contribution >= 4 is 21.5 Å². The lowest BCUT2D eigenvalue weighted by Crippen LogP contribution is -2.13. The van der Waals surface area contributed by atoms with Gasteiger partial charge >= 0.3 is 0 Å². The van der Waals surface area contributed by atoms with Crippen molar-refractivity contribution in [2.24, 2.45) is 0 Å². The highest BCUT2D eigenvalue weighted by molar-refractivity contribution is 7.92. The minimum Gasteiger partial charge on any atom is -0.508 e. The van der Waals surface area contributed by atoms with Gasteiger partial charge in [-0.2, -0.15) is 0 Å². The molecule has 0 amide bonds. The van der Waals surface area contributed by atoms with Gasteiger partial charge in [-0.3, -0.25) is 9.52 Å². The van der Waals surface area contributed by atoms with Gasteiger partial charge in [0, 0.05) is 17.7 Å². The average molecular weight is 514 g/mol. The number of carbonyl (C=O) groups excluding carboxylic acids is 1. The van der Waals surface area contributed by atoms with Gasteiger partial charge in [0.25, 0.3) is 10.0 Å². The number of Topliss-reactive ketones (excluding diaryl/α,β-unsaturated/α-hetero) is 1. The van der Waals surface area contributed by atoms with Crippen molar-refractivity contribution in [3.8, 4) is 5.75 Å². The van der Waals surface area contributed by atoms with Crippen LogP contribution in [0.1, 0.15) is 107 Å². The number of hydrogen-bond donors (Lipinski definition) is 2. The number of rotatable bonds is 19. The van der Waals surface area contributed by atoms with E-state index in [1.807, 2.05) is 0 Å². The van der Waals surface area contributed by atoms with E-state index in [2.05, 4.69) is 23.8 Å². The molecule has 2 aromatic rings. The highest BCUT2D eigenvalue weighted by Crippen LogP contribution is 2.20. The Balaban J connectivity index is 1.57. The Morgan fingerprint density at radius 1 is 0.750 bits per heavy atom. The van der Waals surface area contributed by atoms with Crippen LogP contribution in [0.15, 0.2) is 65.6 Å². The van der Waals surface area contributed by atoms with E-state index in [1.165, 1.54) is 94.2 Å². The number of ketones is 1. The highest BCUT2D eigenvalue weighted by Gasteiger charge is 2.15. The quantitative estimate of drug-likeness (QED) is 0.0854. The van der Waals surface area contributed by atoms with Gasteiger partial charge in [0.15, 0.2) is 5.78 Å². The smallest absolute Gasteiger partial charge is 0.261 e. The minimum absolute atomic E-state index is 0.0445. The van der Waals surface area contributed by atoms with E-state index >= 15 is 0 Å². The molecular weight excluding hydrogens is 470 g/mol. The van der Waals surface area contributed by atoms with Gasteiger partial charge in [-0.1, -0.05) is 82.6 Å². The van der Waals surface area contributed by atoms with Crippen LogP contribution in [0, 0.1) is 0 Å². The maximum Gasteiger partial charge on any atom is 0.261 e. The first kappa shape index (κ1) is 29.6. The van der Waals surface area contributed by atoms with Gasteiger partial charge in [0.2, 0.25) is 0 Å². The molecule has 0 radical (unpaired) electrons. The number of allylic oxidation sites excluding steroid dienone is 2. The zero-order valence-electron chi connectivity index (χ0n) is 21.8. The Labute approximate surface area is 218 Å². The number of anilines is 1. The predicted molar refractivity (Wildman–Crippen MR) is 149 cm³/mol. The van der Waals surface area contributed by atoms with Crippen molar-refractivity contribution in [1.82, 2.24) is 0 Å². The third-order valence-electron chi connectivity index (χ3n) is 6.27. The number of sulfonamides is 1. The fourth-order valence-electron chi connectivity index (χ4n) is 4.06. The van der Waals surface area contributed by atoms with Crippen molar-refractivity contribution in [2.75, 3.05) is 4.72 Å². The molecule has 0 fully saturated rings. The van der Waals surface area contributed by atoms with Crippen LogP contribution in [-0.2, 0) is 10.0 Å². The Kier molecular flexibility index (Phi) is 14.0. The zero-order valence-corrected chi connectivity index (χ0v) is 22.6. The normalized spacial score (nSPS) is 11.7. The number of unbranched alkanes of at least 4 members (excludes halogenated alkanes) is 11. The van der Waals surface area contributed by atoms with E-state index in [0.29, 0.717) is 17.7 Å². The first-order chi connectivity index (χ1) is 17.4. The molecule has 0 saturated heterocycles. The lowest BCUT2D eigenvalue weighted by molar-refractivity contribution is 0.0979. The first-order valence-electron chi connectivity index (χ1n) is 13.5. The Morgan fingerprint density at radius 3 is 1.86 bits per heavy atom. The third-order valence-corrected chi connectivity index (χ3v) is 7.67. The molecule has 2 N–H and O–H groups in total. The van der Waals surface area contributed by atoms with Crippen molar-refractivity contribution in [3.63, 3.8) is 0 Å². The Bertz CT molecular complexity index is 1010. The fraction of sp³-hybridized carbons (Fsp3) is 0.500. The van der Waals surface area contributed by atoms with Crippen LogP contribution in [0.5, 0.6) is 5.75 Å². The second-order valence-corrected chi connectivity index (χ2v) is 11.1. The maximum atomic E-state index is 12.5. The van der Waals surface area contributed by atoms with Crippen LogP contribution in [-0.4, -0.2) is 19.3 Å². The number of hydrogen-bond acceptors (Lipinski definition) is 4. The van der Waals surface area contributed by atoms with Crippen LogP contribution in [0.25, 0.3) is 0 Å². The lowest BCUT2D eigenvalue weighted by Gasteiger charge is -2.09. The van der Waals surface area contributed by atoms with Gasteiger partial charge in [-0.05, 0) is 68.5 Å². The zero-order chi connectivity index (χ0) is 26.1. The molecule has 0 atom stereocenters. The van der Waals surface area contributed by atoms with Crippen LogP contribution in [0.4, 0.5) is 5.69 Å². The van der Waals surface area contributed by atoms with Gasteiger partial charge in [0.05, 0.1) is 4.90 Å². The largest absolute Gasteiger partial charge is 0.508 e. The molecule has 0 bridgehead atoms. The van der Waals surface area contributed by atoms with Gasteiger partial charge in [-0.25, -0.2) is 8.42 Å². The summed E-state index contributed by atoms with van der Waals surface area (Å²) >= 11 is 0. The van der Waals surface area contributed by atoms with Crippen LogP contribution >= 0.6 is 0 Å². The third kappa shape index (κ3) is 11.9. The molecule has 0 aliphatic heterocycles. The Hall–Kier alpha value is -2.60. The summed E-state index contributed by atoms with van der Waals surface area (Å²) < 4.78 is 27.5. The number of benzene rings is 2. The van der Waals surface area contributed by atoms with E-state index in [-0.39, 0.29) is 16.4 Å². The summed E-state index contributed by atoms with van der Waals surface area (Å²) in [6.45, 7) is 2.25. The molecule has 2 rings (SSSR count). The summed E-state index contributed by atoms with van der Waals surface area (Å²) in [7, 11) is -3.76. The SMILES string of the molecule is CCCCCCCCC=CCCCCCCCC(=O)c1ccc(S(=O)(=O)Nc2ccc(O)cc2)cc1. The van der Waals surface area contributed by atoms with E-state index in [0.717, 1.165) is 25.7 Å². The highest BCUT2D eigenvalue weighted by atomic mass is 32.2.